The number of rotatable bonds is 3. The minimum Gasteiger partial charge on any atom is -0.388 e. The Kier molecular flexibility index (Phi) is 3.93. The number of ether oxygens (including phenoxy) is 1. The van der Waals surface area contributed by atoms with Crippen LogP contribution in [0, 0.1) is 6.92 Å². The Labute approximate surface area is 129 Å². The fraction of sp³-hybridized carbons (Fsp3) is 0.471. The number of nitrogens with zero attached hydrogens (tertiary/aromatic N) is 1. The fourth-order valence-corrected chi connectivity index (χ4v) is 3.17. The third-order valence-electron chi connectivity index (χ3n) is 4.41. The molecule has 1 saturated heterocycles. The molecule has 1 aromatic carbocycles. The van der Waals surface area contributed by atoms with Crippen LogP contribution in [-0.2, 0) is 4.74 Å². The number of hydrogen-bond acceptors (Lipinski definition) is 3. The van der Waals surface area contributed by atoms with Gasteiger partial charge in [0, 0.05) is 56.2 Å². The Morgan fingerprint density at radius 2 is 2.05 bits per heavy atom. The highest BCUT2D eigenvalue weighted by molar-refractivity contribution is 6.08. The molecule has 0 spiro atoms. The second-order valence-corrected chi connectivity index (χ2v) is 6.17. The van der Waals surface area contributed by atoms with Crippen molar-refractivity contribution in [3.63, 3.8) is 0 Å². The molecule has 0 unspecified atom stereocenters. The van der Waals surface area contributed by atoms with E-state index in [4.69, 9.17) is 4.74 Å². The monoisotopic (exact) mass is 302 g/mol. The number of likely N-dealkylation sites (N-methyl/N-ethyl adjacent to an activating group) is 1. The highest BCUT2D eigenvalue weighted by atomic mass is 16.5. The number of aliphatic hydroxyl groups is 1. The number of nitrogens with one attached hydrogen (secondary N) is 1. The molecule has 2 heterocycles. The van der Waals surface area contributed by atoms with E-state index in [-0.39, 0.29) is 5.91 Å². The molecular weight excluding hydrogens is 280 g/mol. The molecule has 22 heavy (non-hydrogen) atoms. The van der Waals surface area contributed by atoms with Gasteiger partial charge in [-0.25, -0.2) is 0 Å². The molecule has 0 atom stereocenters. The summed E-state index contributed by atoms with van der Waals surface area (Å²) in [7, 11) is 1.75. The topological polar surface area (TPSA) is 65.6 Å². The van der Waals surface area contributed by atoms with Crippen molar-refractivity contribution >= 4 is 16.8 Å². The Balaban J connectivity index is 1.84. The highest BCUT2D eigenvalue weighted by Gasteiger charge is 2.33. The fourth-order valence-electron chi connectivity index (χ4n) is 3.17. The Bertz CT molecular complexity index is 686. The van der Waals surface area contributed by atoms with Crippen LogP contribution in [0.3, 0.4) is 0 Å². The number of aromatic amines is 1. The van der Waals surface area contributed by atoms with Gasteiger partial charge < -0.3 is 19.7 Å². The molecule has 0 radical (unpaired) electrons. The smallest absolute Gasteiger partial charge is 0.256 e. The van der Waals surface area contributed by atoms with Crippen molar-refractivity contribution in [2.45, 2.75) is 25.4 Å². The molecule has 118 valence electrons. The lowest BCUT2D eigenvalue weighted by Crippen LogP contribution is -2.47. The number of fused-ring (bicyclic) bond motifs is 1. The van der Waals surface area contributed by atoms with Crippen LogP contribution in [0.4, 0.5) is 0 Å². The SMILES string of the molecule is Cc1[nH]c2ccccc2c1C(=O)N(C)CC1(O)CCOCC1. The van der Waals surface area contributed by atoms with Gasteiger partial charge in [-0.1, -0.05) is 18.2 Å². The molecule has 3 rings (SSSR count). The van der Waals surface area contributed by atoms with Gasteiger partial charge in [-0.05, 0) is 13.0 Å². The number of hydrogen-bond donors (Lipinski definition) is 2. The first-order chi connectivity index (χ1) is 10.5. The van der Waals surface area contributed by atoms with Crippen LogP contribution in [0.25, 0.3) is 10.9 Å². The molecule has 5 heteroatoms. The van der Waals surface area contributed by atoms with E-state index in [9.17, 15) is 9.90 Å². The van der Waals surface area contributed by atoms with Gasteiger partial charge in [0.2, 0.25) is 0 Å². The van der Waals surface area contributed by atoms with Gasteiger partial charge in [-0.15, -0.1) is 0 Å². The van der Waals surface area contributed by atoms with Crippen LogP contribution in [0.1, 0.15) is 28.9 Å². The lowest BCUT2D eigenvalue weighted by Gasteiger charge is -2.35. The molecule has 5 nitrogen and oxygen atoms in total. The average molecular weight is 302 g/mol. The molecular formula is C17H22N2O3. The van der Waals surface area contributed by atoms with Gasteiger partial charge in [-0.2, -0.15) is 0 Å². The summed E-state index contributed by atoms with van der Waals surface area (Å²) >= 11 is 0. The van der Waals surface area contributed by atoms with E-state index in [1.165, 1.54) is 0 Å². The Morgan fingerprint density at radius 1 is 1.36 bits per heavy atom. The third-order valence-corrected chi connectivity index (χ3v) is 4.41. The zero-order chi connectivity index (χ0) is 15.7. The lowest BCUT2D eigenvalue weighted by molar-refractivity contribution is -0.0734. The standard InChI is InChI=1S/C17H22N2O3/c1-12-15(13-5-3-4-6-14(13)18-12)16(20)19(2)11-17(21)7-9-22-10-8-17/h3-6,18,21H,7-11H2,1-2H3. The largest absolute Gasteiger partial charge is 0.388 e. The molecule has 0 bridgehead atoms. The van der Waals surface area contributed by atoms with Gasteiger partial charge in [-0.3, -0.25) is 4.79 Å². The van der Waals surface area contributed by atoms with Crippen molar-refractivity contribution < 1.29 is 14.6 Å². The van der Waals surface area contributed by atoms with Gasteiger partial charge in [0.05, 0.1) is 11.2 Å². The maximum atomic E-state index is 12.8. The first-order valence-electron chi connectivity index (χ1n) is 7.63. The van der Waals surface area contributed by atoms with Crippen molar-refractivity contribution in [2.75, 3.05) is 26.8 Å². The highest BCUT2D eigenvalue weighted by Crippen LogP contribution is 2.25. The summed E-state index contributed by atoms with van der Waals surface area (Å²) in [5.41, 5.74) is 1.66. The first-order valence-corrected chi connectivity index (χ1v) is 7.63. The predicted octanol–water partition coefficient (Wildman–Crippen LogP) is 2.09. The quantitative estimate of drug-likeness (QED) is 0.912. The van der Waals surface area contributed by atoms with Crippen molar-refractivity contribution in [3.05, 3.63) is 35.5 Å². The summed E-state index contributed by atoms with van der Waals surface area (Å²) in [6.45, 7) is 3.33. The first kappa shape index (κ1) is 15.1. The van der Waals surface area contributed by atoms with E-state index in [2.05, 4.69) is 4.98 Å². The minimum atomic E-state index is -0.845. The predicted molar refractivity (Wildman–Crippen MR) is 85.0 cm³/mol. The number of amides is 1. The van der Waals surface area contributed by atoms with Crippen molar-refractivity contribution in [1.29, 1.82) is 0 Å². The molecule has 0 saturated carbocycles. The summed E-state index contributed by atoms with van der Waals surface area (Å²) in [6, 6.07) is 7.79. The molecule has 1 fully saturated rings. The van der Waals surface area contributed by atoms with Crippen LogP contribution in [0.2, 0.25) is 0 Å². The van der Waals surface area contributed by atoms with Crippen LogP contribution >= 0.6 is 0 Å². The number of H-pyrrole nitrogens is 1. The zero-order valence-electron chi connectivity index (χ0n) is 13.1. The summed E-state index contributed by atoms with van der Waals surface area (Å²) in [6.07, 6.45) is 1.13. The molecule has 0 aliphatic carbocycles. The second-order valence-electron chi connectivity index (χ2n) is 6.17. The van der Waals surface area contributed by atoms with Gasteiger partial charge in [0.25, 0.3) is 5.91 Å². The third kappa shape index (κ3) is 2.74. The van der Waals surface area contributed by atoms with Crippen LogP contribution < -0.4 is 0 Å². The molecule has 2 aromatic rings. The van der Waals surface area contributed by atoms with E-state index in [0.717, 1.165) is 16.6 Å². The average Bonchev–Trinajstić information content (AvgIpc) is 2.82. The number of aryl methyl sites for hydroxylation is 1. The summed E-state index contributed by atoms with van der Waals surface area (Å²) < 4.78 is 5.29. The maximum Gasteiger partial charge on any atom is 0.256 e. The van der Waals surface area contributed by atoms with Gasteiger partial charge >= 0.3 is 0 Å². The van der Waals surface area contributed by atoms with Crippen molar-refractivity contribution in [3.8, 4) is 0 Å². The molecule has 1 aliphatic heterocycles. The number of para-hydroxylation sites is 1. The van der Waals surface area contributed by atoms with Crippen molar-refractivity contribution in [1.82, 2.24) is 9.88 Å². The Morgan fingerprint density at radius 3 is 2.77 bits per heavy atom. The van der Waals surface area contributed by atoms with Crippen LogP contribution in [0.5, 0.6) is 0 Å². The number of aromatic nitrogens is 1. The van der Waals surface area contributed by atoms with E-state index >= 15 is 0 Å². The lowest BCUT2D eigenvalue weighted by atomic mass is 9.93. The maximum absolute atomic E-state index is 12.8. The van der Waals surface area contributed by atoms with Gasteiger partial charge in [0.15, 0.2) is 0 Å². The second kappa shape index (κ2) is 5.74. The van der Waals surface area contributed by atoms with E-state index in [0.29, 0.717) is 38.2 Å². The zero-order valence-corrected chi connectivity index (χ0v) is 13.1. The normalized spacial score (nSPS) is 17.6. The number of carbonyl (C=O) groups is 1. The molecule has 1 aliphatic rings. The molecule has 1 amide bonds. The minimum absolute atomic E-state index is 0.0603. The van der Waals surface area contributed by atoms with Crippen LogP contribution in [-0.4, -0.2) is 53.3 Å². The van der Waals surface area contributed by atoms with Crippen molar-refractivity contribution in [2.24, 2.45) is 0 Å². The van der Waals surface area contributed by atoms with E-state index in [1.807, 2.05) is 31.2 Å². The summed E-state index contributed by atoms with van der Waals surface area (Å²) in [5.74, 6) is -0.0603. The van der Waals surface area contributed by atoms with E-state index in [1.54, 1.807) is 11.9 Å². The summed E-state index contributed by atoms with van der Waals surface area (Å²) in [5, 5.41) is 11.5. The molecule has 2 N–H and O–H groups in total. The Hall–Kier alpha value is -1.85. The number of carbonyl (C=O) groups excluding carboxylic acids is 1. The molecule has 1 aromatic heterocycles. The van der Waals surface area contributed by atoms with Gasteiger partial charge in [0.1, 0.15) is 0 Å². The van der Waals surface area contributed by atoms with E-state index < -0.39 is 5.60 Å². The van der Waals surface area contributed by atoms with Crippen LogP contribution in [0.15, 0.2) is 24.3 Å². The summed E-state index contributed by atoms with van der Waals surface area (Å²) in [4.78, 5) is 17.7. The number of benzene rings is 1.